The third-order valence-electron chi connectivity index (χ3n) is 3.08. The van der Waals surface area contributed by atoms with Crippen LogP contribution in [0.25, 0.3) is 0 Å². The molecular formula is C11H17N3O4. The van der Waals surface area contributed by atoms with E-state index in [1.807, 2.05) is 0 Å². The number of ether oxygens (including phenoxy) is 1. The first kappa shape index (κ1) is 13.0. The Bertz CT molecular complexity index is 382. The molecule has 100 valence electrons. The first-order valence-electron chi connectivity index (χ1n) is 5.97. The van der Waals surface area contributed by atoms with Gasteiger partial charge in [0.2, 0.25) is 5.91 Å². The van der Waals surface area contributed by atoms with Gasteiger partial charge in [0.1, 0.15) is 5.71 Å². The maximum atomic E-state index is 12.2. The summed E-state index contributed by atoms with van der Waals surface area (Å²) in [5, 5.41) is 14.2. The van der Waals surface area contributed by atoms with Gasteiger partial charge in [-0.25, -0.2) is 5.01 Å². The van der Waals surface area contributed by atoms with Gasteiger partial charge in [-0.15, -0.1) is 0 Å². The van der Waals surface area contributed by atoms with E-state index in [4.69, 9.17) is 9.84 Å². The lowest BCUT2D eigenvalue weighted by atomic mass is 10.1. The second-order valence-corrected chi connectivity index (χ2v) is 4.39. The monoisotopic (exact) mass is 255 g/mol. The van der Waals surface area contributed by atoms with Crippen molar-refractivity contribution in [2.24, 2.45) is 5.10 Å². The normalized spacial score (nSPS) is 25.1. The van der Waals surface area contributed by atoms with Crippen molar-refractivity contribution in [2.45, 2.75) is 18.9 Å². The maximum Gasteiger partial charge on any atom is 0.270 e. The summed E-state index contributed by atoms with van der Waals surface area (Å²) in [7, 11) is 1.55. The summed E-state index contributed by atoms with van der Waals surface area (Å²) >= 11 is 0. The standard InChI is InChI=1S/C11H17N3O4/c1-13-10(16)3-2-9(12-13)11(17)14-4-5-18-8(6-14)7-15/h8,15H,2-7H2,1H3. The smallest absolute Gasteiger partial charge is 0.270 e. The number of amides is 2. The number of hydrazone groups is 1. The second kappa shape index (κ2) is 5.45. The van der Waals surface area contributed by atoms with E-state index < -0.39 is 0 Å². The van der Waals surface area contributed by atoms with Crippen molar-refractivity contribution in [3.8, 4) is 0 Å². The van der Waals surface area contributed by atoms with Crippen LogP contribution in [0.3, 0.4) is 0 Å². The van der Waals surface area contributed by atoms with Crippen molar-refractivity contribution in [1.82, 2.24) is 9.91 Å². The van der Waals surface area contributed by atoms with Crippen LogP contribution in [0.1, 0.15) is 12.8 Å². The summed E-state index contributed by atoms with van der Waals surface area (Å²) in [5.74, 6) is -0.252. The van der Waals surface area contributed by atoms with Crippen LogP contribution in [0.5, 0.6) is 0 Å². The second-order valence-electron chi connectivity index (χ2n) is 4.39. The van der Waals surface area contributed by atoms with E-state index in [9.17, 15) is 9.59 Å². The molecule has 1 atom stereocenters. The zero-order valence-corrected chi connectivity index (χ0v) is 10.3. The molecule has 7 nitrogen and oxygen atoms in total. The Hall–Kier alpha value is -1.47. The van der Waals surface area contributed by atoms with Crippen LogP contribution >= 0.6 is 0 Å². The molecule has 2 aliphatic heterocycles. The minimum absolute atomic E-state index is 0.0817. The molecule has 0 aromatic rings. The average molecular weight is 255 g/mol. The number of carbonyl (C=O) groups excluding carboxylic acids is 2. The average Bonchev–Trinajstić information content (AvgIpc) is 2.41. The number of carbonyl (C=O) groups is 2. The third kappa shape index (κ3) is 2.68. The molecule has 0 spiro atoms. The molecule has 0 saturated carbocycles. The number of morpholine rings is 1. The molecule has 7 heteroatoms. The van der Waals surface area contributed by atoms with Gasteiger partial charge in [-0.05, 0) is 0 Å². The van der Waals surface area contributed by atoms with Gasteiger partial charge < -0.3 is 14.7 Å². The van der Waals surface area contributed by atoms with Crippen LogP contribution in [0.4, 0.5) is 0 Å². The number of hydrogen-bond donors (Lipinski definition) is 1. The van der Waals surface area contributed by atoms with E-state index in [0.717, 1.165) is 0 Å². The minimum atomic E-state index is -0.328. The van der Waals surface area contributed by atoms with Gasteiger partial charge in [0.15, 0.2) is 0 Å². The molecule has 0 aromatic carbocycles. The Morgan fingerprint density at radius 1 is 1.56 bits per heavy atom. The molecule has 0 radical (unpaired) electrons. The molecule has 18 heavy (non-hydrogen) atoms. The Balaban J connectivity index is 2.03. The van der Waals surface area contributed by atoms with E-state index in [-0.39, 0.29) is 24.5 Å². The Labute approximate surface area is 105 Å². The molecule has 1 fully saturated rings. The van der Waals surface area contributed by atoms with E-state index in [1.54, 1.807) is 11.9 Å². The van der Waals surface area contributed by atoms with E-state index >= 15 is 0 Å². The number of aliphatic hydroxyl groups is 1. The minimum Gasteiger partial charge on any atom is -0.394 e. The summed E-state index contributed by atoms with van der Waals surface area (Å²) in [6.07, 6.45) is 0.365. The highest BCUT2D eigenvalue weighted by Gasteiger charge is 2.29. The zero-order chi connectivity index (χ0) is 13.1. The predicted octanol–water partition coefficient (Wildman–Crippen LogP) is -1.19. The van der Waals surface area contributed by atoms with Crippen LogP contribution < -0.4 is 0 Å². The predicted molar refractivity (Wildman–Crippen MR) is 62.8 cm³/mol. The Kier molecular flexibility index (Phi) is 3.93. The molecule has 0 aliphatic carbocycles. The van der Waals surface area contributed by atoms with Gasteiger partial charge in [-0.2, -0.15) is 5.10 Å². The lowest BCUT2D eigenvalue weighted by Gasteiger charge is -2.33. The molecule has 0 aromatic heterocycles. The SMILES string of the molecule is CN1N=C(C(=O)N2CCOC(CO)C2)CCC1=O. The number of aliphatic hydroxyl groups excluding tert-OH is 1. The van der Waals surface area contributed by atoms with Crippen molar-refractivity contribution >= 4 is 17.5 Å². The molecule has 1 saturated heterocycles. The first-order valence-corrected chi connectivity index (χ1v) is 5.97. The number of rotatable bonds is 2. The van der Waals surface area contributed by atoms with Crippen LogP contribution in [0.2, 0.25) is 0 Å². The topological polar surface area (TPSA) is 82.4 Å². The molecule has 0 bridgehead atoms. The largest absolute Gasteiger partial charge is 0.394 e. The van der Waals surface area contributed by atoms with Crippen molar-refractivity contribution in [3.05, 3.63) is 0 Å². The van der Waals surface area contributed by atoms with Gasteiger partial charge in [-0.3, -0.25) is 9.59 Å². The molecular weight excluding hydrogens is 238 g/mol. The van der Waals surface area contributed by atoms with Crippen LogP contribution in [0.15, 0.2) is 5.10 Å². The van der Waals surface area contributed by atoms with Crippen LogP contribution in [-0.4, -0.2) is 72.0 Å². The maximum absolute atomic E-state index is 12.2. The van der Waals surface area contributed by atoms with E-state index in [1.165, 1.54) is 5.01 Å². The molecule has 1 unspecified atom stereocenters. The summed E-state index contributed by atoms with van der Waals surface area (Å²) in [6.45, 7) is 1.17. The van der Waals surface area contributed by atoms with Crippen LogP contribution in [-0.2, 0) is 14.3 Å². The highest BCUT2D eigenvalue weighted by atomic mass is 16.5. The fourth-order valence-electron chi connectivity index (χ4n) is 2.02. The Morgan fingerprint density at radius 3 is 3.00 bits per heavy atom. The van der Waals surface area contributed by atoms with Gasteiger partial charge in [0.25, 0.3) is 5.91 Å². The fraction of sp³-hybridized carbons (Fsp3) is 0.727. The molecule has 2 amide bonds. The van der Waals surface area contributed by atoms with Gasteiger partial charge in [-0.1, -0.05) is 0 Å². The number of nitrogens with zero attached hydrogens (tertiary/aromatic N) is 3. The quantitative estimate of drug-likeness (QED) is 0.673. The molecule has 1 N–H and O–H groups in total. The lowest BCUT2D eigenvalue weighted by Crippen LogP contribution is -2.50. The van der Waals surface area contributed by atoms with Crippen molar-refractivity contribution in [1.29, 1.82) is 0 Å². The molecule has 2 heterocycles. The van der Waals surface area contributed by atoms with Gasteiger partial charge in [0.05, 0.1) is 19.3 Å². The van der Waals surface area contributed by atoms with E-state index in [2.05, 4.69) is 5.10 Å². The summed E-state index contributed by atoms with van der Waals surface area (Å²) in [4.78, 5) is 25.1. The van der Waals surface area contributed by atoms with Crippen LogP contribution in [0, 0.1) is 0 Å². The van der Waals surface area contributed by atoms with E-state index in [0.29, 0.717) is 38.2 Å². The summed E-state index contributed by atoms with van der Waals surface area (Å²) in [5.41, 5.74) is 0.399. The Morgan fingerprint density at radius 2 is 2.33 bits per heavy atom. The van der Waals surface area contributed by atoms with Crippen molar-refractivity contribution < 1.29 is 19.4 Å². The molecule has 2 rings (SSSR count). The summed E-state index contributed by atoms with van der Waals surface area (Å²) in [6, 6.07) is 0. The van der Waals surface area contributed by atoms with Crippen molar-refractivity contribution in [2.75, 3.05) is 33.4 Å². The highest BCUT2D eigenvalue weighted by Crippen LogP contribution is 2.12. The third-order valence-corrected chi connectivity index (χ3v) is 3.08. The number of hydrogen-bond acceptors (Lipinski definition) is 5. The summed E-state index contributed by atoms with van der Waals surface area (Å²) < 4.78 is 5.28. The fourth-order valence-corrected chi connectivity index (χ4v) is 2.02. The lowest BCUT2D eigenvalue weighted by molar-refractivity contribution is -0.134. The first-order chi connectivity index (χ1) is 8.61. The highest BCUT2D eigenvalue weighted by molar-refractivity contribution is 6.39. The van der Waals surface area contributed by atoms with Gasteiger partial charge >= 0.3 is 0 Å². The van der Waals surface area contributed by atoms with Crippen molar-refractivity contribution in [3.63, 3.8) is 0 Å². The van der Waals surface area contributed by atoms with Gasteiger partial charge in [0, 0.05) is 33.0 Å². The zero-order valence-electron chi connectivity index (χ0n) is 10.3. The molecule has 2 aliphatic rings.